The first kappa shape index (κ1) is 46.7. The number of carbonyl (C=O) groups excluding carboxylic acids is 2. The highest BCUT2D eigenvalue weighted by atomic mass is 16.4. The molecule has 10 nitrogen and oxygen atoms in total. The predicted molar refractivity (Wildman–Crippen MR) is 253 cm³/mol. The number of unbranched alkanes of at least 4 members (excludes halogenated alkanes) is 3. The van der Waals surface area contributed by atoms with E-state index in [-0.39, 0.29) is 17.7 Å². The van der Waals surface area contributed by atoms with E-state index >= 15 is 0 Å². The van der Waals surface area contributed by atoms with Gasteiger partial charge in [0.15, 0.2) is 0 Å². The smallest absolute Gasteiger partial charge is 0.423 e. The number of nitrogens with zero attached hydrogens (tertiary/aromatic N) is 2. The molecule has 326 valence electrons. The van der Waals surface area contributed by atoms with Gasteiger partial charge >= 0.3 is 14.2 Å². The second-order valence-electron chi connectivity index (χ2n) is 17.0. The van der Waals surface area contributed by atoms with E-state index < -0.39 is 14.2 Å². The maximum Gasteiger partial charge on any atom is 0.488 e. The molecule has 5 aromatic carbocycles. The summed E-state index contributed by atoms with van der Waals surface area (Å²) < 4.78 is 0. The van der Waals surface area contributed by atoms with Crippen LogP contribution in [0.25, 0.3) is 21.5 Å². The molecule has 0 radical (unpaired) electrons. The summed E-state index contributed by atoms with van der Waals surface area (Å²) in [5, 5.41) is 51.9. The fraction of sp³-hybridized carbons (Fsp3) is 0.400. The maximum atomic E-state index is 12.7. The lowest BCUT2D eigenvalue weighted by atomic mass is 9.77. The highest BCUT2D eigenvalue weighted by Gasteiger charge is 2.23. The van der Waals surface area contributed by atoms with Crippen LogP contribution in [0.4, 0.5) is 0 Å². The summed E-state index contributed by atoms with van der Waals surface area (Å²) in [6.07, 6.45) is 10.2. The largest absolute Gasteiger partial charge is 0.488 e. The van der Waals surface area contributed by atoms with E-state index in [1.54, 1.807) is 19.1 Å². The minimum Gasteiger partial charge on any atom is -0.423 e. The number of amides is 2. The highest BCUT2D eigenvalue weighted by Crippen LogP contribution is 2.35. The molecule has 0 bridgehead atoms. The standard InChI is InChI=1S/C50H64B2N4O6/c1-37(2)49(57)53-30-18-32-56(34-40-22-9-15-28-48(40)52(61)62)36-46-43-25-12-10-23-41(43)45(42-24-11-13-26-44(42)46)35-55(33-39-21-8-14-27-47(39)51(59)60)31-17-4-3-16-29-54-50(58)38-19-6-5-7-20-38/h8-15,21-28,38,59-62H,1,3-7,16-20,29-36H2,2H3,(H,53,57)(H,54,58). The summed E-state index contributed by atoms with van der Waals surface area (Å²) >= 11 is 0. The average molecular weight is 839 g/mol. The Balaban J connectivity index is 1.26. The van der Waals surface area contributed by atoms with E-state index in [1.807, 2.05) is 36.4 Å². The van der Waals surface area contributed by atoms with Crippen molar-refractivity contribution in [3.05, 3.63) is 131 Å². The zero-order valence-electron chi connectivity index (χ0n) is 36.4. The molecule has 0 aromatic heterocycles. The summed E-state index contributed by atoms with van der Waals surface area (Å²) in [4.78, 5) is 29.7. The SMILES string of the molecule is C=C(C)C(=O)NCCCN(Cc1ccccc1B(O)O)Cc1c2ccccc2c(CN(CCCCCCNC(=O)C2CCCCC2)Cc2ccccc2B(O)O)c2ccccc12. The summed E-state index contributed by atoms with van der Waals surface area (Å²) in [5.74, 6) is 0.225. The van der Waals surface area contributed by atoms with Crippen LogP contribution in [0.1, 0.15) is 93.4 Å². The van der Waals surface area contributed by atoms with Gasteiger partial charge in [-0.2, -0.15) is 0 Å². The maximum absolute atomic E-state index is 12.7. The lowest BCUT2D eigenvalue weighted by Gasteiger charge is -2.28. The number of carbonyl (C=O) groups is 2. The van der Waals surface area contributed by atoms with E-state index in [2.05, 4.69) is 75.5 Å². The quantitative estimate of drug-likeness (QED) is 0.0213. The van der Waals surface area contributed by atoms with Crippen LogP contribution in [0, 0.1) is 5.92 Å². The van der Waals surface area contributed by atoms with Crippen LogP contribution in [0.2, 0.25) is 0 Å². The number of fused-ring (bicyclic) bond motifs is 2. The molecule has 0 heterocycles. The van der Waals surface area contributed by atoms with E-state index in [1.165, 1.54) is 17.5 Å². The molecule has 6 rings (SSSR count). The Hall–Kier alpha value is -4.81. The molecule has 6 N–H and O–H groups in total. The molecule has 2 amide bonds. The number of benzene rings is 5. The summed E-state index contributed by atoms with van der Waals surface area (Å²) in [7, 11) is -3.17. The van der Waals surface area contributed by atoms with Gasteiger partial charge in [0.25, 0.3) is 0 Å². The van der Waals surface area contributed by atoms with Crippen molar-refractivity contribution in [2.45, 2.75) is 97.3 Å². The zero-order valence-corrected chi connectivity index (χ0v) is 36.4. The van der Waals surface area contributed by atoms with Crippen LogP contribution in [0.5, 0.6) is 0 Å². The van der Waals surface area contributed by atoms with Gasteiger partial charge in [0.05, 0.1) is 0 Å². The molecule has 0 atom stereocenters. The molecule has 62 heavy (non-hydrogen) atoms. The molecule has 1 aliphatic carbocycles. The number of hydrogen-bond donors (Lipinski definition) is 6. The topological polar surface area (TPSA) is 146 Å². The zero-order chi connectivity index (χ0) is 43.8. The Bertz CT molecular complexity index is 2210. The minimum absolute atomic E-state index is 0.169. The molecule has 0 saturated heterocycles. The van der Waals surface area contributed by atoms with Gasteiger partial charge in [0.2, 0.25) is 11.8 Å². The molecule has 1 fully saturated rings. The number of rotatable bonds is 23. The molecular formula is C50H64B2N4O6. The van der Waals surface area contributed by atoms with Gasteiger partial charge in [-0.15, -0.1) is 0 Å². The first-order valence-corrected chi connectivity index (χ1v) is 22.6. The molecular weight excluding hydrogens is 774 g/mol. The molecule has 0 aliphatic heterocycles. The Morgan fingerprint density at radius 2 is 1.02 bits per heavy atom. The van der Waals surface area contributed by atoms with Crippen LogP contribution in [0.15, 0.2) is 109 Å². The van der Waals surface area contributed by atoms with E-state index in [4.69, 9.17) is 0 Å². The van der Waals surface area contributed by atoms with Crippen LogP contribution in [0.3, 0.4) is 0 Å². The Kier molecular flexibility index (Phi) is 17.8. The van der Waals surface area contributed by atoms with Gasteiger partial charge in [-0.05, 0) is 100 Å². The molecule has 12 heteroatoms. The van der Waals surface area contributed by atoms with Gasteiger partial charge in [-0.1, -0.05) is 136 Å². The van der Waals surface area contributed by atoms with Gasteiger partial charge in [-0.3, -0.25) is 19.4 Å². The lowest BCUT2D eigenvalue weighted by molar-refractivity contribution is -0.126. The monoisotopic (exact) mass is 839 g/mol. The summed E-state index contributed by atoms with van der Waals surface area (Å²) in [5.41, 5.74) is 5.51. The van der Waals surface area contributed by atoms with Crippen molar-refractivity contribution in [1.29, 1.82) is 0 Å². The van der Waals surface area contributed by atoms with Gasteiger partial charge in [0, 0.05) is 57.3 Å². The van der Waals surface area contributed by atoms with Crippen molar-refractivity contribution >= 4 is 58.5 Å². The number of nitrogens with one attached hydrogen (secondary N) is 2. The molecule has 0 spiro atoms. The van der Waals surface area contributed by atoms with Crippen molar-refractivity contribution < 1.29 is 29.7 Å². The van der Waals surface area contributed by atoms with Crippen molar-refractivity contribution in [2.75, 3.05) is 26.2 Å². The van der Waals surface area contributed by atoms with Crippen molar-refractivity contribution in [3.8, 4) is 0 Å². The van der Waals surface area contributed by atoms with Crippen molar-refractivity contribution in [3.63, 3.8) is 0 Å². The Labute approximate surface area is 368 Å². The first-order chi connectivity index (χ1) is 30.1. The normalized spacial score (nSPS) is 13.2. The van der Waals surface area contributed by atoms with E-state index in [0.717, 1.165) is 90.6 Å². The third kappa shape index (κ3) is 12.9. The van der Waals surface area contributed by atoms with Crippen LogP contribution in [-0.2, 0) is 35.8 Å². The van der Waals surface area contributed by atoms with Crippen LogP contribution < -0.4 is 21.6 Å². The van der Waals surface area contributed by atoms with E-state index in [0.29, 0.717) is 68.7 Å². The molecule has 1 aliphatic rings. The minimum atomic E-state index is -1.60. The van der Waals surface area contributed by atoms with E-state index in [9.17, 15) is 29.7 Å². The fourth-order valence-electron chi connectivity index (χ4n) is 9.06. The fourth-order valence-corrected chi connectivity index (χ4v) is 9.06. The lowest BCUT2D eigenvalue weighted by Crippen LogP contribution is -2.36. The predicted octanol–water partition coefficient (Wildman–Crippen LogP) is 5.70. The summed E-state index contributed by atoms with van der Waals surface area (Å²) in [6.45, 7) is 10.3. The van der Waals surface area contributed by atoms with Crippen molar-refractivity contribution in [2.24, 2.45) is 5.92 Å². The molecule has 0 unspecified atom stereocenters. The second-order valence-corrected chi connectivity index (χ2v) is 17.0. The molecule has 1 saturated carbocycles. The number of hydrogen-bond acceptors (Lipinski definition) is 8. The van der Waals surface area contributed by atoms with Gasteiger partial charge in [0.1, 0.15) is 0 Å². The van der Waals surface area contributed by atoms with Crippen molar-refractivity contribution in [1.82, 2.24) is 20.4 Å². The second kappa shape index (κ2) is 23.6. The van der Waals surface area contributed by atoms with Gasteiger partial charge < -0.3 is 30.7 Å². The third-order valence-electron chi connectivity index (χ3n) is 12.4. The van der Waals surface area contributed by atoms with Gasteiger partial charge in [-0.25, -0.2) is 0 Å². The Morgan fingerprint density at radius 1 is 0.581 bits per heavy atom. The third-order valence-corrected chi connectivity index (χ3v) is 12.4. The first-order valence-electron chi connectivity index (χ1n) is 22.6. The average Bonchev–Trinajstić information content (AvgIpc) is 3.28. The Morgan fingerprint density at radius 3 is 1.50 bits per heavy atom. The summed E-state index contributed by atoms with van der Waals surface area (Å²) in [6, 6.07) is 32.0. The molecule has 5 aromatic rings. The van der Waals surface area contributed by atoms with Crippen LogP contribution in [-0.4, -0.2) is 82.1 Å². The van der Waals surface area contributed by atoms with Crippen LogP contribution >= 0.6 is 0 Å². The highest BCUT2D eigenvalue weighted by molar-refractivity contribution is 6.59.